The lowest BCUT2D eigenvalue weighted by atomic mass is 10.00. The number of carbonyl (C=O) groups excluding carboxylic acids is 1. The summed E-state index contributed by atoms with van der Waals surface area (Å²) in [4.78, 5) is 14.1. The van der Waals surface area contributed by atoms with Crippen LogP contribution in [-0.2, 0) is 13.0 Å². The Hall–Kier alpha value is -2.38. The van der Waals surface area contributed by atoms with E-state index in [0.29, 0.717) is 25.2 Å². The van der Waals surface area contributed by atoms with Gasteiger partial charge in [0.2, 0.25) is 0 Å². The molecule has 5 nitrogen and oxygen atoms in total. The summed E-state index contributed by atoms with van der Waals surface area (Å²) in [6.45, 7) is 4.19. The molecule has 122 valence electrons. The summed E-state index contributed by atoms with van der Waals surface area (Å²) in [5.41, 5.74) is 0.801. The van der Waals surface area contributed by atoms with Gasteiger partial charge in [0, 0.05) is 24.7 Å². The molecule has 1 aliphatic rings. The monoisotopic (exact) mass is 324 g/mol. The van der Waals surface area contributed by atoms with Crippen LogP contribution in [0.3, 0.4) is 0 Å². The van der Waals surface area contributed by atoms with Crippen molar-refractivity contribution in [3.8, 4) is 0 Å². The van der Waals surface area contributed by atoms with Crippen LogP contribution in [0.5, 0.6) is 0 Å². The summed E-state index contributed by atoms with van der Waals surface area (Å²) in [6.07, 6.45) is 0.722. The second-order valence-corrected chi connectivity index (χ2v) is 5.38. The highest BCUT2D eigenvalue weighted by Gasteiger charge is 2.31. The third-order valence-corrected chi connectivity index (χ3v) is 3.99. The van der Waals surface area contributed by atoms with Crippen LogP contribution in [0.1, 0.15) is 35.1 Å². The van der Waals surface area contributed by atoms with E-state index in [1.807, 2.05) is 6.92 Å². The molecule has 1 aliphatic heterocycles. The van der Waals surface area contributed by atoms with Gasteiger partial charge in [-0.2, -0.15) is 0 Å². The zero-order valence-corrected chi connectivity index (χ0v) is 12.7. The Morgan fingerprint density at radius 1 is 1.30 bits per heavy atom. The molecular weight excluding hydrogens is 309 g/mol. The molecule has 0 saturated heterocycles. The first-order valence-electron chi connectivity index (χ1n) is 7.34. The number of benzene rings is 1. The van der Waals surface area contributed by atoms with Crippen molar-refractivity contribution in [3.63, 3.8) is 0 Å². The van der Waals surface area contributed by atoms with Crippen molar-refractivity contribution in [3.05, 3.63) is 40.5 Å². The van der Waals surface area contributed by atoms with Crippen molar-refractivity contribution in [2.24, 2.45) is 0 Å². The Morgan fingerprint density at radius 3 is 2.74 bits per heavy atom. The normalized spacial score (nSPS) is 14.0. The highest BCUT2D eigenvalue weighted by Crippen LogP contribution is 2.33. The number of anilines is 1. The third-order valence-electron chi connectivity index (χ3n) is 3.99. The number of fused-ring (bicyclic) bond motifs is 1. The quantitative estimate of drug-likeness (QED) is 0.798. The Kier molecular flexibility index (Phi) is 3.83. The summed E-state index contributed by atoms with van der Waals surface area (Å²) < 4.78 is 42.4. The van der Waals surface area contributed by atoms with E-state index in [-0.39, 0.29) is 23.4 Å². The van der Waals surface area contributed by atoms with Crippen molar-refractivity contribution in [2.45, 2.75) is 33.2 Å². The standard InChI is InChI=1S/C15H15F3N4O/c1-3-22-14(8(2)19-20-22)15(23)21-6-4-5-9-11(21)7-10(16)13(18)12(9)17/h7H,3-6H2,1-2H3. The number of hydrogen-bond acceptors (Lipinski definition) is 3. The zero-order valence-electron chi connectivity index (χ0n) is 12.7. The molecule has 0 radical (unpaired) electrons. The molecule has 8 heteroatoms. The Bertz CT molecular complexity index is 788. The van der Waals surface area contributed by atoms with E-state index in [4.69, 9.17) is 0 Å². The second kappa shape index (κ2) is 5.68. The topological polar surface area (TPSA) is 51.0 Å². The number of nitrogens with zero attached hydrogens (tertiary/aromatic N) is 4. The van der Waals surface area contributed by atoms with E-state index in [1.54, 1.807) is 6.92 Å². The molecule has 0 spiro atoms. The van der Waals surface area contributed by atoms with Crippen molar-refractivity contribution in [1.29, 1.82) is 0 Å². The first-order chi connectivity index (χ1) is 11.0. The molecule has 0 aliphatic carbocycles. The van der Waals surface area contributed by atoms with Crippen LogP contribution in [-0.4, -0.2) is 27.4 Å². The molecule has 0 atom stereocenters. The van der Waals surface area contributed by atoms with E-state index in [1.165, 1.54) is 9.58 Å². The summed E-state index contributed by atoms with van der Waals surface area (Å²) in [7, 11) is 0. The molecule has 23 heavy (non-hydrogen) atoms. The first kappa shape index (κ1) is 15.5. The van der Waals surface area contributed by atoms with E-state index < -0.39 is 23.4 Å². The molecule has 1 aromatic carbocycles. The smallest absolute Gasteiger partial charge is 0.278 e. The number of halogens is 3. The predicted molar refractivity (Wildman–Crippen MR) is 76.7 cm³/mol. The lowest BCUT2D eigenvalue weighted by Gasteiger charge is -2.30. The van der Waals surface area contributed by atoms with E-state index in [2.05, 4.69) is 10.3 Å². The van der Waals surface area contributed by atoms with Gasteiger partial charge in [0.1, 0.15) is 5.69 Å². The molecule has 0 bridgehead atoms. The van der Waals surface area contributed by atoms with Gasteiger partial charge in [-0.15, -0.1) is 5.10 Å². The van der Waals surface area contributed by atoms with Gasteiger partial charge >= 0.3 is 0 Å². The van der Waals surface area contributed by atoms with Gasteiger partial charge in [0.15, 0.2) is 17.5 Å². The maximum Gasteiger partial charge on any atom is 0.278 e. The van der Waals surface area contributed by atoms with Crippen molar-refractivity contribution in [2.75, 3.05) is 11.4 Å². The van der Waals surface area contributed by atoms with Gasteiger partial charge in [-0.3, -0.25) is 4.79 Å². The van der Waals surface area contributed by atoms with Crippen molar-refractivity contribution < 1.29 is 18.0 Å². The maximum atomic E-state index is 14.0. The lowest BCUT2D eigenvalue weighted by Crippen LogP contribution is -2.37. The van der Waals surface area contributed by atoms with Gasteiger partial charge in [0.05, 0.1) is 11.4 Å². The van der Waals surface area contributed by atoms with Crippen LogP contribution < -0.4 is 4.90 Å². The Morgan fingerprint density at radius 2 is 2.04 bits per heavy atom. The van der Waals surface area contributed by atoms with Crippen LogP contribution in [0, 0.1) is 24.4 Å². The molecule has 2 heterocycles. The van der Waals surface area contributed by atoms with E-state index in [0.717, 1.165) is 6.07 Å². The molecule has 0 unspecified atom stereocenters. The van der Waals surface area contributed by atoms with Gasteiger partial charge in [-0.05, 0) is 26.7 Å². The largest absolute Gasteiger partial charge is 0.306 e. The molecule has 2 aromatic rings. The van der Waals surface area contributed by atoms with Crippen LogP contribution in [0.15, 0.2) is 6.07 Å². The highest BCUT2D eigenvalue weighted by molar-refractivity contribution is 6.06. The molecule has 0 N–H and O–H groups in total. The summed E-state index contributed by atoms with van der Waals surface area (Å²) in [6, 6.07) is 0.875. The first-order valence-corrected chi connectivity index (χ1v) is 7.34. The van der Waals surface area contributed by atoms with Crippen LogP contribution in [0.4, 0.5) is 18.9 Å². The fourth-order valence-corrected chi connectivity index (χ4v) is 2.86. The third kappa shape index (κ3) is 2.38. The lowest BCUT2D eigenvalue weighted by molar-refractivity contribution is 0.0974. The minimum atomic E-state index is -1.51. The van der Waals surface area contributed by atoms with Gasteiger partial charge in [-0.25, -0.2) is 17.9 Å². The molecule has 1 aromatic heterocycles. The van der Waals surface area contributed by atoms with Crippen molar-refractivity contribution in [1.82, 2.24) is 15.0 Å². The summed E-state index contributed by atoms with van der Waals surface area (Å²) >= 11 is 0. The average Bonchev–Trinajstić information content (AvgIpc) is 2.92. The number of carbonyl (C=O) groups is 1. The number of rotatable bonds is 2. The number of aryl methyl sites for hydroxylation is 2. The van der Waals surface area contributed by atoms with Gasteiger partial charge in [-0.1, -0.05) is 5.21 Å². The minimum Gasteiger partial charge on any atom is -0.306 e. The molecule has 1 amide bonds. The molecule has 0 saturated carbocycles. The highest BCUT2D eigenvalue weighted by atomic mass is 19.2. The number of aromatic nitrogens is 3. The van der Waals surface area contributed by atoms with Crippen LogP contribution >= 0.6 is 0 Å². The minimum absolute atomic E-state index is 0.0247. The van der Waals surface area contributed by atoms with Crippen LogP contribution in [0.25, 0.3) is 0 Å². The van der Waals surface area contributed by atoms with Crippen molar-refractivity contribution >= 4 is 11.6 Å². The maximum absolute atomic E-state index is 14.0. The molecule has 3 rings (SSSR count). The zero-order chi connectivity index (χ0) is 16.7. The number of amides is 1. The van der Waals surface area contributed by atoms with Gasteiger partial charge < -0.3 is 4.90 Å². The predicted octanol–water partition coefficient (Wildman–Crippen LogP) is 2.62. The SMILES string of the molecule is CCn1nnc(C)c1C(=O)N1CCCc2c1cc(F)c(F)c2F. The molecule has 0 fully saturated rings. The summed E-state index contributed by atoms with van der Waals surface area (Å²) in [5, 5.41) is 7.73. The number of hydrogen-bond donors (Lipinski definition) is 0. The summed E-state index contributed by atoms with van der Waals surface area (Å²) in [5.74, 6) is -4.48. The fraction of sp³-hybridized carbons (Fsp3) is 0.400. The average molecular weight is 324 g/mol. The van der Waals surface area contributed by atoms with Gasteiger partial charge in [0.25, 0.3) is 5.91 Å². The Balaban J connectivity index is 2.10. The fourth-order valence-electron chi connectivity index (χ4n) is 2.86. The second-order valence-electron chi connectivity index (χ2n) is 5.38. The van der Waals surface area contributed by atoms with E-state index in [9.17, 15) is 18.0 Å². The Labute approximate surface area is 130 Å². The molecular formula is C15H15F3N4O. The van der Waals surface area contributed by atoms with E-state index >= 15 is 0 Å². The van der Waals surface area contributed by atoms with Crippen LogP contribution in [0.2, 0.25) is 0 Å².